The minimum atomic E-state index is -0.324. The number of allylic oxidation sites excluding steroid dienone is 1. The number of halogens is 1. The molecular weight excluding hydrogens is 418 g/mol. The normalized spacial score (nSPS) is 16.6. The molecule has 1 N–H and O–H groups in total. The molecule has 1 unspecified atom stereocenters. The maximum atomic E-state index is 10.6. The van der Waals surface area contributed by atoms with Gasteiger partial charge in [0.05, 0.1) is 20.3 Å². The first kappa shape index (κ1) is 19.0. The predicted octanol–water partition coefficient (Wildman–Crippen LogP) is 4.16. The van der Waals surface area contributed by atoms with Gasteiger partial charge >= 0.3 is 0 Å². The number of thiophene rings is 1. The van der Waals surface area contributed by atoms with Crippen molar-refractivity contribution in [3.8, 4) is 0 Å². The van der Waals surface area contributed by atoms with Crippen LogP contribution in [-0.4, -0.2) is 35.5 Å². The van der Waals surface area contributed by atoms with Crippen LogP contribution in [0.2, 0.25) is 5.02 Å². The average molecular weight is 434 g/mol. The third-order valence-electron chi connectivity index (χ3n) is 4.25. The van der Waals surface area contributed by atoms with E-state index in [1.165, 1.54) is 11.3 Å². The van der Waals surface area contributed by atoms with Crippen molar-refractivity contribution in [3.63, 3.8) is 0 Å². The van der Waals surface area contributed by atoms with E-state index < -0.39 is 0 Å². The molecule has 3 heterocycles. The fourth-order valence-electron chi connectivity index (χ4n) is 2.92. The molecule has 144 valence electrons. The molecule has 0 aliphatic carbocycles. The zero-order valence-corrected chi connectivity index (χ0v) is 17.2. The summed E-state index contributed by atoms with van der Waals surface area (Å²) in [4.78, 5) is 22.8. The Hall–Kier alpha value is -2.33. The van der Waals surface area contributed by atoms with Gasteiger partial charge in [-0.2, -0.15) is 0 Å². The van der Waals surface area contributed by atoms with E-state index in [9.17, 15) is 10.1 Å². The van der Waals surface area contributed by atoms with Gasteiger partial charge in [-0.25, -0.2) is 9.98 Å². The largest absolute Gasteiger partial charge is 0.289 e. The highest BCUT2D eigenvalue weighted by Gasteiger charge is 2.23. The molecule has 10 heteroatoms. The molecule has 0 saturated heterocycles. The van der Waals surface area contributed by atoms with Crippen LogP contribution in [-0.2, 0) is 6.42 Å². The lowest BCUT2D eigenvalue weighted by molar-refractivity contribution is -0.479. The summed E-state index contributed by atoms with van der Waals surface area (Å²) in [6.07, 6.45) is 3.99. The number of fused-ring (bicyclic) bond motifs is 1. The van der Waals surface area contributed by atoms with Crippen LogP contribution in [0.5, 0.6) is 0 Å². The van der Waals surface area contributed by atoms with Crippen LogP contribution in [0.3, 0.4) is 0 Å². The molecule has 0 fully saturated rings. The molecule has 4 rings (SSSR count). The molecule has 0 amide bonds. The standard InChI is InChI=1S/C18H16ClN5O2S2/c1-20-17-21-13(14-3-2-8-27-14)5-6-23(17)18-22-16-12(19)9-11(4-7-24(25)26)10-15(16)28-18/h2-3,5-6,8-10,17,20H,4,7H2,1H3. The molecule has 2 aromatic heterocycles. The van der Waals surface area contributed by atoms with Gasteiger partial charge in [-0.15, -0.1) is 11.3 Å². The van der Waals surface area contributed by atoms with Gasteiger partial charge in [0, 0.05) is 17.5 Å². The lowest BCUT2D eigenvalue weighted by atomic mass is 10.1. The molecule has 28 heavy (non-hydrogen) atoms. The molecule has 1 aromatic carbocycles. The van der Waals surface area contributed by atoms with Crippen molar-refractivity contribution in [1.82, 2.24) is 10.3 Å². The number of benzene rings is 1. The Morgan fingerprint density at radius 3 is 3.00 bits per heavy atom. The Morgan fingerprint density at radius 1 is 1.43 bits per heavy atom. The zero-order chi connectivity index (χ0) is 19.7. The number of hydrogen-bond acceptors (Lipinski definition) is 8. The highest BCUT2D eigenvalue weighted by molar-refractivity contribution is 7.22. The summed E-state index contributed by atoms with van der Waals surface area (Å²) in [6, 6.07) is 7.73. The smallest absolute Gasteiger partial charge is 0.207 e. The van der Waals surface area contributed by atoms with E-state index in [0.29, 0.717) is 17.0 Å². The molecule has 0 radical (unpaired) electrons. The summed E-state index contributed by atoms with van der Waals surface area (Å²) in [6.45, 7) is -0.121. The van der Waals surface area contributed by atoms with E-state index in [1.807, 2.05) is 47.8 Å². The van der Waals surface area contributed by atoms with Crippen molar-refractivity contribution in [2.24, 2.45) is 4.99 Å². The fourth-order valence-corrected chi connectivity index (χ4v) is 5.02. The number of nitrogens with zero attached hydrogens (tertiary/aromatic N) is 4. The van der Waals surface area contributed by atoms with Gasteiger partial charge in [0.1, 0.15) is 5.52 Å². The molecule has 0 saturated carbocycles. The van der Waals surface area contributed by atoms with E-state index in [1.54, 1.807) is 17.4 Å². The first-order chi connectivity index (χ1) is 13.5. The molecule has 1 aliphatic heterocycles. The second-order valence-corrected chi connectivity index (χ2v) is 8.47. The van der Waals surface area contributed by atoms with Crippen molar-refractivity contribution in [2.45, 2.75) is 12.7 Å². The molecule has 1 atom stereocenters. The maximum Gasteiger partial charge on any atom is 0.207 e. The quantitative estimate of drug-likeness (QED) is 0.466. The number of aromatic nitrogens is 1. The van der Waals surface area contributed by atoms with Crippen LogP contribution in [0.1, 0.15) is 10.4 Å². The van der Waals surface area contributed by atoms with Gasteiger partial charge in [-0.3, -0.25) is 20.3 Å². The summed E-state index contributed by atoms with van der Waals surface area (Å²) in [5, 5.41) is 17.1. The van der Waals surface area contributed by atoms with E-state index >= 15 is 0 Å². The molecule has 0 spiro atoms. The van der Waals surface area contributed by atoms with Crippen LogP contribution in [0, 0.1) is 10.1 Å². The van der Waals surface area contributed by atoms with Crippen LogP contribution in [0.4, 0.5) is 5.13 Å². The molecule has 7 nitrogen and oxygen atoms in total. The van der Waals surface area contributed by atoms with Crippen molar-refractivity contribution in [1.29, 1.82) is 0 Å². The number of nitrogens with one attached hydrogen (secondary N) is 1. The van der Waals surface area contributed by atoms with Crippen molar-refractivity contribution in [3.05, 3.63) is 67.5 Å². The number of rotatable bonds is 6. The number of thiazole rings is 1. The highest BCUT2D eigenvalue weighted by Crippen LogP contribution is 2.35. The predicted molar refractivity (Wildman–Crippen MR) is 116 cm³/mol. The van der Waals surface area contributed by atoms with Crippen LogP contribution in [0.15, 0.2) is 46.9 Å². The van der Waals surface area contributed by atoms with E-state index in [0.717, 1.165) is 26.0 Å². The minimum absolute atomic E-state index is 0.121. The second-order valence-electron chi connectivity index (χ2n) is 6.10. The topological polar surface area (TPSA) is 83.7 Å². The van der Waals surface area contributed by atoms with Crippen LogP contribution < -0.4 is 10.2 Å². The van der Waals surface area contributed by atoms with Gasteiger partial charge in [0.2, 0.25) is 6.54 Å². The minimum Gasteiger partial charge on any atom is -0.289 e. The summed E-state index contributed by atoms with van der Waals surface area (Å²) >= 11 is 9.52. The summed E-state index contributed by atoms with van der Waals surface area (Å²) < 4.78 is 0.900. The maximum absolute atomic E-state index is 10.6. The monoisotopic (exact) mass is 433 g/mol. The van der Waals surface area contributed by atoms with Gasteiger partial charge in [0.25, 0.3) is 0 Å². The van der Waals surface area contributed by atoms with Gasteiger partial charge in [-0.1, -0.05) is 29.0 Å². The van der Waals surface area contributed by atoms with E-state index in [4.69, 9.17) is 16.6 Å². The SMILES string of the molecule is CNC1N=C(c2cccs2)C=CN1c1nc2c(Cl)cc(CC[N+](=O)[O-])cc2s1. The number of aliphatic imine (C=N–C) groups is 1. The van der Waals surface area contributed by atoms with Crippen molar-refractivity contribution in [2.75, 3.05) is 18.5 Å². The zero-order valence-electron chi connectivity index (χ0n) is 14.8. The fraction of sp³-hybridized carbons (Fsp3) is 0.222. The molecule has 0 bridgehead atoms. The number of hydrogen-bond donors (Lipinski definition) is 1. The van der Waals surface area contributed by atoms with Gasteiger partial charge < -0.3 is 0 Å². The Morgan fingerprint density at radius 2 is 2.29 bits per heavy atom. The Labute approximate surface area is 174 Å². The number of nitro groups is 1. The van der Waals surface area contributed by atoms with E-state index in [2.05, 4.69) is 10.3 Å². The van der Waals surface area contributed by atoms with Crippen LogP contribution in [0.25, 0.3) is 10.2 Å². The third-order valence-corrected chi connectivity index (χ3v) is 6.45. The van der Waals surface area contributed by atoms with E-state index in [-0.39, 0.29) is 17.8 Å². The Kier molecular flexibility index (Phi) is 5.40. The summed E-state index contributed by atoms with van der Waals surface area (Å²) in [7, 11) is 1.85. The number of anilines is 1. The van der Waals surface area contributed by atoms with Crippen LogP contribution >= 0.6 is 34.3 Å². The molecular formula is C18H16ClN5O2S2. The van der Waals surface area contributed by atoms with Gasteiger partial charge in [-0.05, 0) is 42.3 Å². The Bertz CT molecular complexity index is 1080. The summed E-state index contributed by atoms with van der Waals surface area (Å²) in [5.41, 5.74) is 2.45. The highest BCUT2D eigenvalue weighted by atomic mass is 35.5. The molecule has 3 aromatic rings. The average Bonchev–Trinajstić information content (AvgIpc) is 3.36. The van der Waals surface area contributed by atoms with Gasteiger partial charge in [0.15, 0.2) is 11.4 Å². The second kappa shape index (κ2) is 7.96. The van der Waals surface area contributed by atoms with Crippen molar-refractivity contribution < 1.29 is 4.92 Å². The lowest BCUT2D eigenvalue weighted by Gasteiger charge is -2.28. The Balaban J connectivity index is 1.64. The van der Waals surface area contributed by atoms with Crippen molar-refractivity contribution >= 4 is 55.3 Å². The first-order valence-electron chi connectivity index (χ1n) is 8.51. The third kappa shape index (κ3) is 3.79. The summed E-state index contributed by atoms with van der Waals surface area (Å²) in [5.74, 6) is 0. The lowest BCUT2D eigenvalue weighted by Crippen LogP contribution is -2.42. The first-order valence-corrected chi connectivity index (χ1v) is 10.6. The molecule has 1 aliphatic rings.